The van der Waals surface area contributed by atoms with Crippen molar-refractivity contribution in [2.75, 3.05) is 0 Å². The van der Waals surface area contributed by atoms with Crippen LogP contribution in [0, 0.1) is 0 Å². The van der Waals surface area contributed by atoms with E-state index >= 15 is 0 Å². The van der Waals surface area contributed by atoms with Gasteiger partial charge in [-0.05, 0) is 73.7 Å². The lowest BCUT2D eigenvalue weighted by Crippen LogP contribution is -2.10. The molecular weight excluding hydrogens is 689 g/mol. The van der Waals surface area contributed by atoms with Gasteiger partial charge in [0, 0.05) is 29.3 Å². The summed E-state index contributed by atoms with van der Waals surface area (Å²) >= 11 is 0. The molecule has 2 heteroatoms. The first-order valence-corrected chi connectivity index (χ1v) is 19.7. The average molecular weight is 731 g/mol. The molecule has 0 N–H and O–H groups in total. The van der Waals surface area contributed by atoms with Crippen molar-refractivity contribution in [3.63, 3.8) is 0 Å². The zero-order chi connectivity index (χ0) is 38.2. The van der Waals surface area contributed by atoms with Crippen molar-refractivity contribution >= 4 is 22.7 Å². The predicted molar refractivity (Wildman–Crippen MR) is 237 cm³/mol. The third kappa shape index (κ3) is 7.59. The van der Waals surface area contributed by atoms with E-state index in [1.807, 2.05) is 30.6 Å². The number of hydrogen-bond acceptors (Lipinski definition) is 2. The molecule has 0 aliphatic heterocycles. The van der Waals surface area contributed by atoms with Crippen molar-refractivity contribution < 1.29 is 0 Å². The maximum absolute atomic E-state index is 5.48. The van der Waals surface area contributed by atoms with Crippen LogP contribution in [0.1, 0.15) is 73.5 Å². The molecule has 57 heavy (non-hydrogen) atoms. The van der Waals surface area contributed by atoms with Crippen LogP contribution in [-0.4, -0.2) is 11.2 Å². The Bertz CT molecular complexity index is 2580. The molecule has 0 saturated heterocycles. The van der Waals surface area contributed by atoms with Gasteiger partial charge in [0.25, 0.3) is 0 Å². The van der Waals surface area contributed by atoms with E-state index in [1.165, 1.54) is 49.9 Å². The number of aliphatic imine (C=N–C) groups is 1. The van der Waals surface area contributed by atoms with E-state index in [2.05, 4.69) is 211 Å². The van der Waals surface area contributed by atoms with Crippen LogP contribution in [0.15, 0.2) is 236 Å². The number of aromatic nitrogens is 1. The van der Waals surface area contributed by atoms with E-state index in [0.717, 1.165) is 22.3 Å². The molecule has 9 aromatic rings. The van der Waals surface area contributed by atoms with Crippen molar-refractivity contribution in [3.05, 3.63) is 286 Å². The summed E-state index contributed by atoms with van der Waals surface area (Å²) in [6.45, 7) is 0. The number of fused-ring (bicyclic) bond motifs is 1. The number of benzene rings is 8. The first-order chi connectivity index (χ1) is 28.3. The molecule has 0 spiro atoms. The Morgan fingerprint density at radius 3 is 1.16 bits per heavy atom. The third-order valence-corrected chi connectivity index (χ3v) is 11.0. The fourth-order valence-corrected chi connectivity index (χ4v) is 8.40. The molecule has 0 aliphatic carbocycles. The van der Waals surface area contributed by atoms with Crippen LogP contribution < -0.4 is 0 Å². The predicted octanol–water partition coefficient (Wildman–Crippen LogP) is 13.5. The second-order valence-corrected chi connectivity index (χ2v) is 14.5. The lowest BCUT2D eigenvalue weighted by atomic mass is 9.76. The minimum absolute atomic E-state index is 0.0228. The Balaban J connectivity index is 1.41. The molecular formula is C55H42N2. The summed E-state index contributed by atoms with van der Waals surface area (Å²) in [5, 5.41) is 2.28. The van der Waals surface area contributed by atoms with Gasteiger partial charge in [-0.15, -0.1) is 0 Å². The highest BCUT2D eigenvalue weighted by molar-refractivity contribution is 6.00. The van der Waals surface area contributed by atoms with Crippen LogP contribution in [0.2, 0.25) is 0 Å². The molecule has 0 unspecified atom stereocenters. The number of pyridine rings is 1. The smallest absolute Gasteiger partial charge is 0.0812 e. The van der Waals surface area contributed by atoms with Crippen LogP contribution in [0.4, 0.5) is 5.69 Å². The monoisotopic (exact) mass is 730 g/mol. The second kappa shape index (κ2) is 16.7. The topological polar surface area (TPSA) is 25.2 Å². The summed E-state index contributed by atoms with van der Waals surface area (Å²) in [6, 6.07) is 80.8. The summed E-state index contributed by atoms with van der Waals surface area (Å²) in [5.41, 5.74) is 12.8. The Morgan fingerprint density at radius 1 is 0.333 bits per heavy atom. The lowest BCUT2D eigenvalue weighted by Gasteiger charge is -2.28. The van der Waals surface area contributed by atoms with E-state index in [4.69, 9.17) is 4.99 Å². The van der Waals surface area contributed by atoms with Crippen LogP contribution >= 0.6 is 0 Å². The third-order valence-electron chi connectivity index (χ3n) is 11.0. The zero-order valence-corrected chi connectivity index (χ0v) is 31.6. The fraction of sp³-hybridized carbons (Fsp3) is 0.0545. The molecule has 0 aliphatic rings. The van der Waals surface area contributed by atoms with Gasteiger partial charge in [-0.2, -0.15) is 0 Å². The molecule has 0 saturated carbocycles. The molecule has 1 heterocycles. The van der Waals surface area contributed by atoms with Crippen LogP contribution in [0.25, 0.3) is 10.8 Å². The van der Waals surface area contributed by atoms with E-state index < -0.39 is 0 Å². The first kappa shape index (κ1) is 35.5. The molecule has 272 valence electrons. The van der Waals surface area contributed by atoms with Crippen molar-refractivity contribution in [2.45, 2.75) is 17.8 Å². The first-order valence-electron chi connectivity index (χ1n) is 19.7. The Morgan fingerprint density at radius 2 is 0.737 bits per heavy atom. The summed E-state index contributed by atoms with van der Waals surface area (Å²) in [4.78, 5) is 10.1. The van der Waals surface area contributed by atoms with Gasteiger partial charge in [0.2, 0.25) is 0 Å². The quantitative estimate of drug-likeness (QED) is 0.0961. The zero-order valence-electron chi connectivity index (χ0n) is 31.6. The molecule has 8 aromatic carbocycles. The minimum Gasteiger partial charge on any atom is -0.255 e. The highest BCUT2D eigenvalue weighted by atomic mass is 14.8. The molecule has 0 bridgehead atoms. The largest absolute Gasteiger partial charge is 0.255 e. The summed E-state index contributed by atoms with van der Waals surface area (Å²) in [5.74, 6) is -0.101. The van der Waals surface area contributed by atoms with Gasteiger partial charge in [0.05, 0.1) is 17.6 Å². The highest BCUT2D eigenvalue weighted by Crippen LogP contribution is 2.47. The molecule has 9 rings (SSSR count). The molecule has 0 radical (unpaired) electrons. The van der Waals surface area contributed by atoms with E-state index in [-0.39, 0.29) is 17.8 Å². The average Bonchev–Trinajstić information content (AvgIpc) is 3.29. The van der Waals surface area contributed by atoms with Gasteiger partial charge >= 0.3 is 0 Å². The van der Waals surface area contributed by atoms with Gasteiger partial charge in [-0.1, -0.05) is 206 Å². The van der Waals surface area contributed by atoms with E-state index in [1.54, 1.807) is 0 Å². The SMILES string of the molecule is C(=Nc1c(C(c2ccccc2)c2ccccc2)cc(C(c2ccccc2)c2ccccc2)c2ccc(C(c3ccccc3)c3ccccc3)cc12)c1ccccn1. The van der Waals surface area contributed by atoms with E-state index in [9.17, 15) is 0 Å². The minimum atomic E-state index is -0.0960. The highest BCUT2D eigenvalue weighted by Gasteiger charge is 2.28. The van der Waals surface area contributed by atoms with Gasteiger partial charge in [0.1, 0.15) is 0 Å². The second-order valence-electron chi connectivity index (χ2n) is 14.5. The van der Waals surface area contributed by atoms with Gasteiger partial charge in [0.15, 0.2) is 0 Å². The van der Waals surface area contributed by atoms with Gasteiger partial charge in [-0.3, -0.25) is 9.98 Å². The number of hydrogen-bond donors (Lipinski definition) is 0. The molecule has 0 fully saturated rings. The van der Waals surface area contributed by atoms with Crippen molar-refractivity contribution in [2.24, 2.45) is 4.99 Å². The lowest BCUT2D eigenvalue weighted by molar-refractivity contribution is 0.947. The summed E-state index contributed by atoms with van der Waals surface area (Å²) in [6.07, 6.45) is 3.75. The molecule has 1 aromatic heterocycles. The van der Waals surface area contributed by atoms with Crippen LogP contribution in [0.3, 0.4) is 0 Å². The van der Waals surface area contributed by atoms with Crippen molar-refractivity contribution in [1.29, 1.82) is 0 Å². The Kier molecular flexibility index (Phi) is 10.4. The Hall–Kier alpha value is -7.16. The number of nitrogens with zero attached hydrogens (tertiary/aromatic N) is 2. The van der Waals surface area contributed by atoms with Gasteiger partial charge < -0.3 is 0 Å². The van der Waals surface area contributed by atoms with Crippen molar-refractivity contribution in [3.8, 4) is 0 Å². The summed E-state index contributed by atoms with van der Waals surface area (Å²) < 4.78 is 0. The van der Waals surface area contributed by atoms with Crippen LogP contribution in [-0.2, 0) is 0 Å². The standard InChI is InChI=1S/C55H42N2/c1-7-21-40(22-8-1)52(41-23-9-2-10-24-41)46-34-35-48-49(53(42-25-11-3-12-26-42)43-27-13-4-14-28-43)38-51(55(50(48)37-46)57-39-47-33-19-20-36-56-47)54(44-29-15-5-16-30-44)45-31-17-6-18-32-45/h1-39,52-54H. The molecule has 0 atom stereocenters. The Labute approximate surface area is 335 Å². The maximum atomic E-state index is 5.48. The summed E-state index contributed by atoms with van der Waals surface area (Å²) in [7, 11) is 0. The fourth-order valence-electron chi connectivity index (χ4n) is 8.40. The normalized spacial score (nSPS) is 11.6. The molecule has 0 amide bonds. The van der Waals surface area contributed by atoms with Gasteiger partial charge in [-0.25, -0.2) is 0 Å². The maximum Gasteiger partial charge on any atom is 0.0812 e. The van der Waals surface area contributed by atoms with Crippen molar-refractivity contribution in [1.82, 2.24) is 4.98 Å². The van der Waals surface area contributed by atoms with Crippen LogP contribution in [0.5, 0.6) is 0 Å². The van der Waals surface area contributed by atoms with E-state index in [0.29, 0.717) is 0 Å². The molecule has 2 nitrogen and oxygen atoms in total. The number of rotatable bonds is 11.